The maximum Gasteiger partial charge on any atom is 0.441 e. The van der Waals surface area contributed by atoms with Gasteiger partial charge in [-0.25, -0.2) is 4.39 Å². The lowest BCUT2D eigenvalue weighted by Gasteiger charge is -2.27. The molecule has 74 valence electrons. The summed E-state index contributed by atoms with van der Waals surface area (Å²) in [6, 6.07) is 0. The molecule has 0 spiro atoms. The summed E-state index contributed by atoms with van der Waals surface area (Å²) < 4.78 is 81.2. The van der Waals surface area contributed by atoms with Gasteiger partial charge in [-0.2, -0.15) is 26.3 Å². The molecule has 0 aliphatic carbocycles. The molecule has 0 aromatic rings. The monoisotopic (exact) mass is 216 g/mol. The molecule has 12 heavy (non-hydrogen) atoms. The SMILES string of the molecule is CSC(F)(C(F)(F)F)C(F)(F)F. The van der Waals surface area contributed by atoms with Gasteiger partial charge >= 0.3 is 17.4 Å². The second-order valence-corrected chi connectivity index (χ2v) is 2.77. The number of rotatable bonds is 1. The Balaban J connectivity index is 4.95. The number of alkyl halides is 7. The van der Waals surface area contributed by atoms with E-state index in [1.165, 1.54) is 0 Å². The van der Waals surface area contributed by atoms with E-state index < -0.39 is 29.1 Å². The molecule has 0 aromatic heterocycles. The molecule has 0 saturated heterocycles. The van der Waals surface area contributed by atoms with Gasteiger partial charge < -0.3 is 0 Å². The Morgan fingerprint density at radius 2 is 1.00 bits per heavy atom. The summed E-state index contributed by atoms with van der Waals surface area (Å²) in [6.45, 7) is 0. The maximum absolute atomic E-state index is 12.2. The zero-order chi connectivity index (χ0) is 10.2. The molecule has 0 aromatic carbocycles. The zero-order valence-electron chi connectivity index (χ0n) is 5.55. The molecule has 0 bridgehead atoms. The van der Waals surface area contributed by atoms with E-state index >= 15 is 0 Å². The molecule has 0 N–H and O–H groups in total. The van der Waals surface area contributed by atoms with Crippen molar-refractivity contribution in [3.63, 3.8) is 0 Å². The molecule has 8 heteroatoms. The average Bonchev–Trinajstić information content (AvgIpc) is 1.81. The minimum absolute atomic E-state index is 0.404. The Hall–Kier alpha value is -0.140. The van der Waals surface area contributed by atoms with Gasteiger partial charge in [-0.1, -0.05) is 0 Å². The third-order valence-corrected chi connectivity index (χ3v) is 2.04. The molecule has 0 fully saturated rings. The zero-order valence-corrected chi connectivity index (χ0v) is 6.37. The van der Waals surface area contributed by atoms with Crippen molar-refractivity contribution >= 4 is 11.8 Å². The molecular formula is C4H3F7S. The van der Waals surface area contributed by atoms with E-state index in [1.54, 1.807) is 0 Å². The molecule has 0 amide bonds. The molecule has 0 unspecified atom stereocenters. The molecule has 0 aliphatic heterocycles. The van der Waals surface area contributed by atoms with Crippen molar-refractivity contribution in [1.29, 1.82) is 0 Å². The van der Waals surface area contributed by atoms with Crippen molar-refractivity contribution in [1.82, 2.24) is 0 Å². The highest BCUT2D eigenvalue weighted by Crippen LogP contribution is 2.52. The lowest BCUT2D eigenvalue weighted by atomic mass is 10.3. The average molecular weight is 216 g/mol. The molecule has 0 radical (unpaired) electrons. The van der Waals surface area contributed by atoms with Gasteiger partial charge in [-0.05, 0) is 6.26 Å². The first kappa shape index (κ1) is 11.9. The topological polar surface area (TPSA) is 0 Å². The minimum atomic E-state index is -5.94. The normalized spacial score (nSPS) is 15.0. The molecule has 0 saturated carbocycles. The van der Waals surface area contributed by atoms with Crippen molar-refractivity contribution in [3.8, 4) is 0 Å². The van der Waals surface area contributed by atoms with Crippen LogP contribution in [0.4, 0.5) is 30.7 Å². The van der Waals surface area contributed by atoms with E-state index in [1.807, 2.05) is 0 Å². The van der Waals surface area contributed by atoms with Gasteiger partial charge in [0.05, 0.1) is 0 Å². The van der Waals surface area contributed by atoms with E-state index in [0.717, 1.165) is 0 Å². The first-order valence-corrected chi connectivity index (χ1v) is 3.66. The van der Waals surface area contributed by atoms with Crippen molar-refractivity contribution in [2.24, 2.45) is 0 Å². The standard InChI is InChI=1S/C4H3F7S/c1-12-2(5,3(6,7)8)4(9,10)11/h1H3. The van der Waals surface area contributed by atoms with Crippen LogP contribution >= 0.6 is 11.8 Å². The molecule has 0 rings (SSSR count). The van der Waals surface area contributed by atoms with E-state index in [9.17, 15) is 30.7 Å². The van der Waals surface area contributed by atoms with Gasteiger partial charge in [0.2, 0.25) is 0 Å². The highest BCUT2D eigenvalue weighted by molar-refractivity contribution is 7.99. The van der Waals surface area contributed by atoms with Crippen LogP contribution < -0.4 is 0 Å². The van der Waals surface area contributed by atoms with Crippen LogP contribution in [-0.2, 0) is 0 Å². The second kappa shape index (κ2) is 2.97. The first-order valence-electron chi connectivity index (χ1n) is 2.44. The minimum Gasteiger partial charge on any atom is -0.211 e. The summed E-state index contributed by atoms with van der Waals surface area (Å²) in [5.74, 6) is 0. The number of thioether (sulfide) groups is 1. The Morgan fingerprint density at radius 3 is 1.00 bits per heavy atom. The van der Waals surface area contributed by atoms with Crippen LogP contribution in [0.25, 0.3) is 0 Å². The quantitative estimate of drug-likeness (QED) is 0.607. The number of hydrogen-bond acceptors (Lipinski definition) is 1. The van der Waals surface area contributed by atoms with E-state index in [-0.39, 0.29) is 0 Å². The molecule has 0 aliphatic rings. The first-order chi connectivity index (χ1) is 5.06. The lowest BCUT2D eigenvalue weighted by molar-refractivity contribution is -0.302. The number of hydrogen-bond donors (Lipinski definition) is 0. The Labute approximate surface area is 67.1 Å². The summed E-state index contributed by atoms with van der Waals surface area (Å²) in [7, 11) is 0. The van der Waals surface area contributed by atoms with Crippen LogP contribution in [0.1, 0.15) is 0 Å². The van der Waals surface area contributed by atoms with Gasteiger partial charge in [0.15, 0.2) is 0 Å². The molecule has 0 nitrogen and oxygen atoms in total. The second-order valence-electron chi connectivity index (χ2n) is 1.79. The summed E-state index contributed by atoms with van der Waals surface area (Å²) >= 11 is -0.931. The fraction of sp³-hybridized carbons (Fsp3) is 1.00. The Morgan fingerprint density at radius 1 is 0.750 bits per heavy atom. The lowest BCUT2D eigenvalue weighted by Crippen LogP contribution is -2.50. The van der Waals surface area contributed by atoms with Crippen LogP contribution in [0.15, 0.2) is 0 Å². The van der Waals surface area contributed by atoms with Crippen LogP contribution in [0.3, 0.4) is 0 Å². The van der Waals surface area contributed by atoms with E-state index in [4.69, 9.17) is 0 Å². The van der Waals surface area contributed by atoms with Gasteiger partial charge in [0, 0.05) is 0 Å². The smallest absolute Gasteiger partial charge is 0.211 e. The van der Waals surface area contributed by atoms with Crippen LogP contribution in [0, 0.1) is 0 Å². The molecular weight excluding hydrogens is 213 g/mol. The van der Waals surface area contributed by atoms with Crippen molar-refractivity contribution in [2.75, 3.05) is 6.26 Å². The Kier molecular flexibility index (Phi) is 2.93. The highest BCUT2D eigenvalue weighted by atomic mass is 32.2. The Bertz CT molecular complexity index is 142. The summed E-state index contributed by atoms with van der Waals surface area (Å²) in [5, 5.41) is -5.17. The van der Waals surface area contributed by atoms with Crippen LogP contribution in [0.2, 0.25) is 0 Å². The summed E-state index contributed by atoms with van der Waals surface area (Å²) in [6.07, 6.45) is -11.5. The number of halogens is 7. The molecule has 0 heterocycles. The van der Waals surface area contributed by atoms with Crippen molar-refractivity contribution in [2.45, 2.75) is 17.4 Å². The van der Waals surface area contributed by atoms with E-state index in [0.29, 0.717) is 6.26 Å². The largest absolute Gasteiger partial charge is 0.441 e. The third-order valence-electron chi connectivity index (χ3n) is 1.01. The third kappa shape index (κ3) is 1.78. The summed E-state index contributed by atoms with van der Waals surface area (Å²) in [4.78, 5) is 0. The van der Waals surface area contributed by atoms with Gasteiger partial charge in [0.1, 0.15) is 0 Å². The van der Waals surface area contributed by atoms with Crippen molar-refractivity contribution in [3.05, 3.63) is 0 Å². The van der Waals surface area contributed by atoms with Crippen LogP contribution in [-0.4, -0.2) is 23.6 Å². The highest BCUT2D eigenvalue weighted by Gasteiger charge is 2.72. The predicted molar refractivity (Wildman–Crippen MR) is 29.5 cm³/mol. The van der Waals surface area contributed by atoms with Gasteiger partial charge in [-0.15, -0.1) is 11.8 Å². The summed E-state index contributed by atoms with van der Waals surface area (Å²) in [5.41, 5.74) is 0. The van der Waals surface area contributed by atoms with Gasteiger partial charge in [0.25, 0.3) is 0 Å². The fourth-order valence-corrected chi connectivity index (χ4v) is 0.855. The predicted octanol–water partition coefficient (Wildman–Crippen LogP) is 3.14. The fourth-order valence-electron chi connectivity index (χ4n) is 0.392. The van der Waals surface area contributed by atoms with Crippen molar-refractivity contribution < 1.29 is 30.7 Å². The van der Waals surface area contributed by atoms with Gasteiger partial charge in [-0.3, -0.25) is 0 Å². The van der Waals surface area contributed by atoms with Crippen LogP contribution in [0.5, 0.6) is 0 Å². The maximum atomic E-state index is 12.2. The van der Waals surface area contributed by atoms with E-state index in [2.05, 4.69) is 0 Å². The molecule has 0 atom stereocenters.